The van der Waals surface area contributed by atoms with E-state index in [1.807, 2.05) is 6.07 Å². The van der Waals surface area contributed by atoms with Crippen LogP contribution in [0.1, 0.15) is 16.1 Å². The van der Waals surface area contributed by atoms with Crippen LogP contribution in [0.25, 0.3) is 17.4 Å². The average Bonchev–Trinajstić information content (AvgIpc) is 3.21. The van der Waals surface area contributed by atoms with E-state index in [-0.39, 0.29) is 16.9 Å². The van der Waals surface area contributed by atoms with Crippen molar-refractivity contribution in [2.45, 2.75) is 0 Å². The van der Waals surface area contributed by atoms with Gasteiger partial charge in [0.2, 0.25) is 0 Å². The van der Waals surface area contributed by atoms with Gasteiger partial charge in [-0.05, 0) is 54.6 Å². The Morgan fingerprint density at radius 1 is 1.07 bits per heavy atom. The summed E-state index contributed by atoms with van der Waals surface area (Å²) in [6.45, 7) is 0. The highest BCUT2D eigenvalue weighted by molar-refractivity contribution is 6.31. The smallest absolute Gasteiger partial charge is 0.338 e. The molecule has 0 spiro atoms. The predicted molar refractivity (Wildman–Crippen MR) is 114 cm³/mol. The molecule has 30 heavy (non-hydrogen) atoms. The highest BCUT2D eigenvalue weighted by Gasteiger charge is 2.17. The van der Waals surface area contributed by atoms with Crippen LogP contribution in [0.4, 0.5) is 5.69 Å². The van der Waals surface area contributed by atoms with Gasteiger partial charge in [-0.3, -0.25) is 4.79 Å². The van der Waals surface area contributed by atoms with Gasteiger partial charge in [-0.25, -0.2) is 4.79 Å². The average molecular weight is 441 g/mol. The third-order valence-corrected chi connectivity index (χ3v) is 4.52. The van der Waals surface area contributed by atoms with Gasteiger partial charge in [0.1, 0.15) is 23.2 Å². The number of anilines is 1. The second-order valence-corrected chi connectivity index (χ2v) is 6.89. The van der Waals surface area contributed by atoms with E-state index in [4.69, 9.17) is 32.4 Å². The van der Waals surface area contributed by atoms with Gasteiger partial charge in [0.05, 0.1) is 12.7 Å². The largest absolute Gasteiger partial charge is 0.465 e. The van der Waals surface area contributed by atoms with Gasteiger partial charge in [-0.2, -0.15) is 5.26 Å². The van der Waals surface area contributed by atoms with Crippen molar-refractivity contribution in [3.05, 3.63) is 81.5 Å². The van der Waals surface area contributed by atoms with Gasteiger partial charge in [0.15, 0.2) is 0 Å². The molecule has 1 N–H and O–H groups in total. The first kappa shape index (κ1) is 21.2. The van der Waals surface area contributed by atoms with Crippen LogP contribution in [0.5, 0.6) is 0 Å². The lowest BCUT2D eigenvalue weighted by atomic mass is 10.1. The Morgan fingerprint density at radius 2 is 1.77 bits per heavy atom. The maximum Gasteiger partial charge on any atom is 0.338 e. The molecular formula is C22H14Cl2N2O4. The van der Waals surface area contributed by atoms with E-state index >= 15 is 0 Å². The minimum absolute atomic E-state index is 0.162. The molecule has 8 heteroatoms. The minimum atomic E-state index is -0.601. The highest BCUT2D eigenvalue weighted by Crippen LogP contribution is 2.30. The van der Waals surface area contributed by atoms with Crippen molar-refractivity contribution >= 4 is 46.8 Å². The quantitative estimate of drug-likeness (QED) is 0.317. The zero-order chi connectivity index (χ0) is 21.7. The number of methoxy groups -OCH3 is 1. The summed E-state index contributed by atoms with van der Waals surface area (Å²) in [6.07, 6.45) is 1.30. The number of hydrogen-bond acceptors (Lipinski definition) is 5. The van der Waals surface area contributed by atoms with Gasteiger partial charge < -0.3 is 14.5 Å². The van der Waals surface area contributed by atoms with E-state index in [1.165, 1.54) is 19.3 Å². The molecule has 3 rings (SSSR count). The number of hydrogen-bond donors (Lipinski definition) is 1. The molecule has 2 aromatic carbocycles. The Labute approximate surface area is 182 Å². The molecular weight excluding hydrogens is 427 g/mol. The summed E-state index contributed by atoms with van der Waals surface area (Å²) in [6, 6.07) is 16.2. The topological polar surface area (TPSA) is 92.3 Å². The third-order valence-electron chi connectivity index (χ3n) is 4.03. The van der Waals surface area contributed by atoms with Crippen molar-refractivity contribution in [2.24, 2.45) is 0 Å². The Morgan fingerprint density at radius 3 is 2.43 bits per heavy atom. The van der Waals surface area contributed by atoms with Gasteiger partial charge in [0.25, 0.3) is 5.91 Å². The zero-order valence-corrected chi connectivity index (χ0v) is 17.1. The van der Waals surface area contributed by atoms with Crippen molar-refractivity contribution in [1.82, 2.24) is 0 Å². The fraction of sp³-hybridized carbons (Fsp3) is 0.0455. The van der Waals surface area contributed by atoms with Crippen molar-refractivity contribution in [2.75, 3.05) is 12.4 Å². The Kier molecular flexibility index (Phi) is 6.58. The van der Waals surface area contributed by atoms with E-state index in [2.05, 4.69) is 5.32 Å². The summed E-state index contributed by atoms with van der Waals surface area (Å²) < 4.78 is 10.5. The minimum Gasteiger partial charge on any atom is -0.465 e. The van der Waals surface area contributed by atoms with Gasteiger partial charge in [-0.1, -0.05) is 23.2 Å². The number of ether oxygens (including phenoxy) is 1. The highest BCUT2D eigenvalue weighted by atomic mass is 35.5. The molecule has 0 radical (unpaired) electrons. The number of nitrogens with zero attached hydrogens (tertiary/aromatic N) is 1. The lowest BCUT2D eigenvalue weighted by Gasteiger charge is -2.06. The Balaban J connectivity index is 1.88. The van der Waals surface area contributed by atoms with Crippen LogP contribution < -0.4 is 5.32 Å². The van der Waals surface area contributed by atoms with Crippen LogP contribution in [0, 0.1) is 11.3 Å². The first-order valence-corrected chi connectivity index (χ1v) is 9.33. The van der Waals surface area contributed by atoms with Gasteiger partial charge >= 0.3 is 5.97 Å². The standard InChI is InChI=1S/C22H14Cl2N2O4/c1-29-22(28)18-8-4-15(24)11-19(18)20-9-7-17(30-20)10-13(12-25)21(27)26-16-5-2-14(23)3-6-16/h2-11H,1H3,(H,26,27)/b13-10+. The Bertz CT molecular complexity index is 1170. The number of carbonyl (C=O) groups excluding carboxylic acids is 2. The van der Waals surface area contributed by atoms with Crippen molar-refractivity contribution < 1.29 is 18.7 Å². The van der Waals surface area contributed by atoms with E-state index < -0.39 is 11.9 Å². The molecule has 1 heterocycles. The van der Waals surface area contributed by atoms with Crippen LogP contribution in [-0.4, -0.2) is 19.0 Å². The lowest BCUT2D eigenvalue weighted by Crippen LogP contribution is -2.13. The number of nitrogens with one attached hydrogen (secondary N) is 1. The summed E-state index contributed by atoms with van der Waals surface area (Å²) in [5.74, 6) is -0.561. The van der Waals surface area contributed by atoms with Crippen LogP contribution in [0.3, 0.4) is 0 Å². The molecule has 0 saturated carbocycles. The monoisotopic (exact) mass is 440 g/mol. The number of halogens is 2. The van der Waals surface area contributed by atoms with Gasteiger partial charge in [-0.15, -0.1) is 0 Å². The normalized spacial score (nSPS) is 10.9. The van der Waals surface area contributed by atoms with Crippen molar-refractivity contribution in [3.63, 3.8) is 0 Å². The maximum absolute atomic E-state index is 12.4. The lowest BCUT2D eigenvalue weighted by molar-refractivity contribution is -0.112. The second-order valence-electron chi connectivity index (χ2n) is 6.01. The molecule has 0 aliphatic heterocycles. The predicted octanol–water partition coefficient (Wildman–Crippen LogP) is 5.59. The molecule has 0 aliphatic rings. The summed E-state index contributed by atoms with van der Waals surface area (Å²) in [5.41, 5.74) is 1.03. The number of amides is 1. The van der Waals surface area contributed by atoms with Crippen molar-refractivity contribution in [1.29, 1.82) is 5.26 Å². The molecule has 0 fully saturated rings. The third kappa shape index (κ3) is 4.90. The van der Waals surface area contributed by atoms with Crippen LogP contribution in [0.2, 0.25) is 10.0 Å². The zero-order valence-electron chi connectivity index (χ0n) is 15.6. The number of esters is 1. The SMILES string of the molecule is COC(=O)c1ccc(Cl)cc1-c1ccc(/C=C(\C#N)C(=O)Nc2ccc(Cl)cc2)o1. The van der Waals surface area contributed by atoms with Gasteiger partial charge in [0, 0.05) is 27.4 Å². The summed E-state index contributed by atoms with van der Waals surface area (Å²) in [5, 5.41) is 12.9. The second kappa shape index (κ2) is 9.31. The number of furan rings is 1. The molecule has 0 bridgehead atoms. The van der Waals surface area contributed by atoms with E-state index in [0.29, 0.717) is 27.1 Å². The first-order chi connectivity index (χ1) is 14.4. The fourth-order valence-electron chi connectivity index (χ4n) is 2.61. The van der Waals surface area contributed by atoms with E-state index in [1.54, 1.807) is 48.5 Å². The fourth-order valence-corrected chi connectivity index (χ4v) is 2.90. The Hall–Kier alpha value is -3.53. The number of nitriles is 1. The molecule has 0 atom stereocenters. The van der Waals surface area contributed by atoms with Crippen molar-refractivity contribution in [3.8, 4) is 17.4 Å². The molecule has 3 aromatic rings. The number of rotatable bonds is 5. The van der Waals surface area contributed by atoms with E-state index in [0.717, 1.165) is 0 Å². The van der Waals surface area contributed by atoms with Crippen LogP contribution >= 0.6 is 23.2 Å². The van der Waals surface area contributed by atoms with E-state index in [9.17, 15) is 14.9 Å². The molecule has 0 unspecified atom stereocenters. The summed E-state index contributed by atoms with van der Waals surface area (Å²) >= 11 is 11.9. The molecule has 1 amide bonds. The molecule has 1 aromatic heterocycles. The van der Waals surface area contributed by atoms with Crippen LogP contribution in [-0.2, 0) is 9.53 Å². The summed E-state index contributed by atoms with van der Waals surface area (Å²) in [4.78, 5) is 24.4. The molecule has 0 saturated heterocycles. The molecule has 0 aliphatic carbocycles. The number of carbonyl (C=O) groups is 2. The molecule has 150 valence electrons. The number of benzene rings is 2. The maximum atomic E-state index is 12.4. The molecule has 6 nitrogen and oxygen atoms in total. The summed E-state index contributed by atoms with van der Waals surface area (Å²) in [7, 11) is 1.27. The van der Waals surface area contributed by atoms with Crippen LogP contribution in [0.15, 0.2) is 64.6 Å². The first-order valence-electron chi connectivity index (χ1n) is 8.58.